The summed E-state index contributed by atoms with van der Waals surface area (Å²) in [4.78, 5) is 32.0. The number of aryl methyl sites for hydroxylation is 1. The predicted molar refractivity (Wildman–Crippen MR) is 104 cm³/mol. The number of carbonyl (C=O) groups excluding carboxylic acids is 2. The van der Waals surface area contributed by atoms with Gasteiger partial charge in [0.25, 0.3) is 5.91 Å². The number of hydrogen-bond acceptors (Lipinski definition) is 5. The van der Waals surface area contributed by atoms with Crippen molar-refractivity contribution in [1.29, 1.82) is 0 Å². The summed E-state index contributed by atoms with van der Waals surface area (Å²) < 4.78 is 19.2. The number of nitrogens with one attached hydrogen (secondary N) is 2. The zero-order chi connectivity index (χ0) is 20.1. The second kappa shape index (κ2) is 8.57. The molecule has 0 aliphatic heterocycles. The molecule has 2 aromatic carbocycles. The van der Waals surface area contributed by atoms with Crippen LogP contribution in [0.1, 0.15) is 15.9 Å². The molecule has 0 radical (unpaired) electrons. The van der Waals surface area contributed by atoms with Gasteiger partial charge in [-0.1, -0.05) is 0 Å². The van der Waals surface area contributed by atoms with Crippen LogP contribution >= 0.6 is 15.9 Å². The van der Waals surface area contributed by atoms with Gasteiger partial charge in [-0.15, -0.1) is 0 Å². The number of urea groups is 1. The van der Waals surface area contributed by atoms with Gasteiger partial charge in [-0.05, 0) is 70.9 Å². The number of hydrogen-bond donors (Lipinski definition) is 2. The van der Waals surface area contributed by atoms with Crippen molar-refractivity contribution in [2.75, 3.05) is 5.32 Å². The predicted octanol–water partition coefficient (Wildman–Crippen LogP) is 4.44. The molecule has 0 saturated carbocycles. The van der Waals surface area contributed by atoms with Crippen molar-refractivity contribution in [2.24, 2.45) is 0 Å². The van der Waals surface area contributed by atoms with Gasteiger partial charge in [0.05, 0.1) is 4.47 Å². The molecule has 28 heavy (non-hydrogen) atoms. The Balaban J connectivity index is 1.61. The number of carbonyl (C=O) groups is 2. The lowest BCUT2D eigenvalue weighted by molar-refractivity contribution is 0.0967. The monoisotopic (exact) mass is 444 g/mol. The van der Waals surface area contributed by atoms with Gasteiger partial charge in [0.2, 0.25) is 0 Å². The van der Waals surface area contributed by atoms with E-state index in [1.807, 2.05) is 0 Å². The Hall–Kier alpha value is -3.33. The standard InChI is InChI=1S/C19H14BrFN4O3/c1-11-8-15(6-7-16(11)28-19-22-9-13(20)10-23-19)24-18(27)25-17(26)12-2-4-14(21)5-3-12/h2-10H,1H3,(H2,24,25,26,27). The molecule has 0 spiro atoms. The summed E-state index contributed by atoms with van der Waals surface area (Å²) in [7, 11) is 0. The molecule has 0 unspecified atom stereocenters. The van der Waals surface area contributed by atoms with Crippen molar-refractivity contribution in [3.05, 3.63) is 76.3 Å². The first-order valence-corrected chi connectivity index (χ1v) is 8.84. The third kappa shape index (κ3) is 5.10. The van der Waals surface area contributed by atoms with Gasteiger partial charge in [0.15, 0.2) is 0 Å². The second-order valence-electron chi connectivity index (χ2n) is 5.68. The van der Waals surface area contributed by atoms with Gasteiger partial charge in [-0.2, -0.15) is 0 Å². The van der Waals surface area contributed by atoms with Crippen LogP contribution < -0.4 is 15.4 Å². The highest BCUT2D eigenvalue weighted by Crippen LogP contribution is 2.25. The Bertz CT molecular complexity index is 1010. The molecule has 9 heteroatoms. The summed E-state index contributed by atoms with van der Waals surface area (Å²) in [6.45, 7) is 1.79. The second-order valence-corrected chi connectivity index (χ2v) is 6.60. The van der Waals surface area contributed by atoms with E-state index in [1.54, 1.807) is 37.5 Å². The van der Waals surface area contributed by atoms with E-state index in [0.717, 1.165) is 22.2 Å². The molecule has 0 bridgehead atoms. The van der Waals surface area contributed by atoms with Crippen molar-refractivity contribution in [2.45, 2.75) is 6.92 Å². The van der Waals surface area contributed by atoms with Gasteiger partial charge in [0.1, 0.15) is 11.6 Å². The minimum Gasteiger partial charge on any atom is -0.424 e. The number of anilines is 1. The molecule has 0 saturated heterocycles. The summed E-state index contributed by atoms with van der Waals surface area (Å²) in [6.07, 6.45) is 3.13. The molecule has 3 rings (SSSR count). The zero-order valence-corrected chi connectivity index (χ0v) is 16.2. The van der Waals surface area contributed by atoms with Crippen LogP contribution in [-0.2, 0) is 0 Å². The van der Waals surface area contributed by atoms with Crippen molar-refractivity contribution >= 4 is 33.6 Å². The van der Waals surface area contributed by atoms with E-state index in [9.17, 15) is 14.0 Å². The van der Waals surface area contributed by atoms with Gasteiger partial charge < -0.3 is 10.1 Å². The molecule has 1 heterocycles. The van der Waals surface area contributed by atoms with Crippen LogP contribution in [0, 0.1) is 12.7 Å². The number of halogens is 2. The Morgan fingerprint density at radius 3 is 2.39 bits per heavy atom. The number of nitrogens with zero attached hydrogens (tertiary/aromatic N) is 2. The van der Waals surface area contributed by atoms with Crippen LogP contribution in [0.2, 0.25) is 0 Å². The van der Waals surface area contributed by atoms with Crippen LogP contribution in [0.5, 0.6) is 11.8 Å². The quantitative estimate of drug-likeness (QED) is 0.620. The Morgan fingerprint density at radius 2 is 1.75 bits per heavy atom. The third-order valence-corrected chi connectivity index (χ3v) is 3.97. The summed E-state index contributed by atoms with van der Waals surface area (Å²) in [5, 5.41) is 4.73. The van der Waals surface area contributed by atoms with E-state index >= 15 is 0 Å². The normalized spacial score (nSPS) is 10.2. The molecule has 1 aromatic heterocycles. The molecule has 0 fully saturated rings. The highest BCUT2D eigenvalue weighted by atomic mass is 79.9. The number of ether oxygens (including phenoxy) is 1. The van der Waals surface area contributed by atoms with E-state index in [1.165, 1.54) is 12.1 Å². The van der Waals surface area contributed by atoms with E-state index in [4.69, 9.17) is 4.74 Å². The first kappa shape index (κ1) is 19.4. The third-order valence-electron chi connectivity index (χ3n) is 3.56. The highest BCUT2D eigenvalue weighted by molar-refractivity contribution is 9.10. The first-order valence-electron chi connectivity index (χ1n) is 8.04. The summed E-state index contributed by atoms with van der Waals surface area (Å²) in [5.41, 5.74) is 1.37. The molecule has 142 valence electrons. The molecule has 0 aliphatic rings. The molecular formula is C19H14BrFN4O3. The lowest BCUT2D eigenvalue weighted by atomic mass is 10.2. The van der Waals surface area contributed by atoms with E-state index in [0.29, 0.717) is 11.4 Å². The number of benzene rings is 2. The lowest BCUT2D eigenvalue weighted by Crippen LogP contribution is -2.34. The van der Waals surface area contributed by atoms with E-state index in [-0.39, 0.29) is 11.6 Å². The molecule has 0 atom stereocenters. The molecule has 7 nitrogen and oxygen atoms in total. The molecule has 2 N–H and O–H groups in total. The van der Waals surface area contributed by atoms with Crippen LogP contribution in [0.15, 0.2) is 59.3 Å². The Kier molecular flexibility index (Phi) is 5.95. The molecule has 0 aliphatic carbocycles. The smallest absolute Gasteiger partial charge is 0.326 e. The number of imide groups is 1. The molecule has 3 amide bonds. The number of rotatable bonds is 4. The van der Waals surface area contributed by atoms with Gasteiger partial charge in [0, 0.05) is 23.6 Å². The maximum Gasteiger partial charge on any atom is 0.326 e. The molecule has 3 aromatic rings. The van der Waals surface area contributed by atoms with Crippen molar-refractivity contribution < 1.29 is 18.7 Å². The van der Waals surface area contributed by atoms with Crippen LogP contribution in [0.4, 0.5) is 14.9 Å². The maximum atomic E-state index is 12.9. The zero-order valence-electron chi connectivity index (χ0n) is 14.6. The average Bonchev–Trinajstić information content (AvgIpc) is 2.66. The van der Waals surface area contributed by atoms with E-state index in [2.05, 4.69) is 36.5 Å². The fourth-order valence-corrected chi connectivity index (χ4v) is 2.44. The number of aromatic nitrogens is 2. The SMILES string of the molecule is Cc1cc(NC(=O)NC(=O)c2ccc(F)cc2)ccc1Oc1ncc(Br)cn1. The fraction of sp³-hybridized carbons (Fsp3) is 0.0526. The number of amides is 3. The molecular weight excluding hydrogens is 431 g/mol. The van der Waals surface area contributed by atoms with Crippen LogP contribution in [0.3, 0.4) is 0 Å². The summed E-state index contributed by atoms with van der Waals surface area (Å²) in [5.74, 6) is -0.579. The lowest BCUT2D eigenvalue weighted by Gasteiger charge is -2.10. The van der Waals surface area contributed by atoms with Gasteiger partial charge in [-0.25, -0.2) is 19.2 Å². The van der Waals surface area contributed by atoms with Crippen LogP contribution in [0.25, 0.3) is 0 Å². The average molecular weight is 445 g/mol. The Morgan fingerprint density at radius 1 is 1.07 bits per heavy atom. The highest BCUT2D eigenvalue weighted by Gasteiger charge is 2.12. The first-order chi connectivity index (χ1) is 13.4. The van der Waals surface area contributed by atoms with E-state index < -0.39 is 17.8 Å². The maximum absolute atomic E-state index is 12.9. The van der Waals surface area contributed by atoms with Crippen molar-refractivity contribution in [1.82, 2.24) is 15.3 Å². The largest absolute Gasteiger partial charge is 0.424 e. The van der Waals surface area contributed by atoms with Crippen molar-refractivity contribution in [3.8, 4) is 11.8 Å². The van der Waals surface area contributed by atoms with Crippen molar-refractivity contribution in [3.63, 3.8) is 0 Å². The topological polar surface area (TPSA) is 93.2 Å². The summed E-state index contributed by atoms with van der Waals surface area (Å²) >= 11 is 3.25. The summed E-state index contributed by atoms with van der Waals surface area (Å²) in [6, 6.07) is 9.29. The minimum absolute atomic E-state index is 0.172. The van der Waals surface area contributed by atoms with Crippen LogP contribution in [-0.4, -0.2) is 21.9 Å². The van der Waals surface area contributed by atoms with Gasteiger partial charge in [-0.3, -0.25) is 10.1 Å². The van der Waals surface area contributed by atoms with Gasteiger partial charge >= 0.3 is 12.0 Å². The Labute approximate surface area is 168 Å². The minimum atomic E-state index is -0.710. The fourth-order valence-electron chi connectivity index (χ4n) is 2.23.